The number of benzene rings is 2. The maximum atomic E-state index is 13.5. The molecular formula is C23H18ClNO3. The number of hydrogen-bond acceptors (Lipinski definition) is 3. The van der Waals surface area contributed by atoms with E-state index >= 15 is 0 Å². The number of carbonyl (C=O) groups is 2. The maximum Gasteiger partial charge on any atom is 0.262 e. The monoisotopic (exact) mass is 391 g/mol. The Balaban J connectivity index is 1.94. The van der Waals surface area contributed by atoms with Crippen LogP contribution < -0.4 is 5.32 Å². The molecule has 4 rings (SSSR count). The molecule has 5 heteroatoms. The second kappa shape index (κ2) is 6.92. The Morgan fingerprint density at radius 1 is 1.29 bits per heavy atom. The van der Waals surface area contributed by atoms with Gasteiger partial charge in [-0.3, -0.25) is 9.59 Å². The molecule has 4 nitrogen and oxygen atoms in total. The number of fused-ring (bicyclic) bond motifs is 1. The van der Waals surface area contributed by atoms with E-state index in [2.05, 4.69) is 11.0 Å². The van der Waals surface area contributed by atoms with Gasteiger partial charge < -0.3 is 10.4 Å². The molecule has 2 atom stereocenters. The van der Waals surface area contributed by atoms with Crippen LogP contribution in [0.3, 0.4) is 0 Å². The molecule has 0 saturated heterocycles. The van der Waals surface area contributed by atoms with E-state index < -0.39 is 17.4 Å². The van der Waals surface area contributed by atoms with E-state index in [0.29, 0.717) is 33.8 Å². The van der Waals surface area contributed by atoms with E-state index in [1.165, 1.54) is 0 Å². The zero-order chi connectivity index (χ0) is 19.9. The van der Waals surface area contributed by atoms with Crippen molar-refractivity contribution in [1.29, 1.82) is 0 Å². The number of rotatable bonds is 4. The summed E-state index contributed by atoms with van der Waals surface area (Å²) in [6, 6.07) is 12.1. The first-order valence-corrected chi connectivity index (χ1v) is 9.35. The third kappa shape index (κ3) is 2.83. The molecule has 2 aromatic rings. The van der Waals surface area contributed by atoms with E-state index in [9.17, 15) is 14.7 Å². The molecule has 0 saturated carbocycles. The Kier molecular flexibility index (Phi) is 4.56. The van der Waals surface area contributed by atoms with Crippen LogP contribution in [-0.2, 0) is 15.2 Å². The molecule has 2 N–H and O–H groups in total. The first-order valence-electron chi connectivity index (χ1n) is 8.97. The van der Waals surface area contributed by atoms with E-state index in [-0.39, 0.29) is 5.78 Å². The van der Waals surface area contributed by atoms with E-state index in [1.54, 1.807) is 55.5 Å². The second-order valence-electron chi connectivity index (χ2n) is 6.98. The van der Waals surface area contributed by atoms with Crippen molar-refractivity contribution in [2.75, 3.05) is 5.32 Å². The van der Waals surface area contributed by atoms with Gasteiger partial charge in [0, 0.05) is 16.2 Å². The Morgan fingerprint density at radius 3 is 2.71 bits per heavy atom. The van der Waals surface area contributed by atoms with Crippen molar-refractivity contribution in [3.8, 4) is 0 Å². The summed E-state index contributed by atoms with van der Waals surface area (Å²) in [5, 5.41) is 14.8. The van der Waals surface area contributed by atoms with Gasteiger partial charge in [0.2, 0.25) is 0 Å². The minimum atomic E-state index is -2.07. The number of carbonyl (C=O) groups excluding carboxylic acids is 2. The van der Waals surface area contributed by atoms with Crippen molar-refractivity contribution in [2.24, 2.45) is 0 Å². The summed E-state index contributed by atoms with van der Waals surface area (Å²) in [4.78, 5) is 26.5. The Labute approximate surface area is 167 Å². The van der Waals surface area contributed by atoms with Crippen LogP contribution in [0.15, 0.2) is 72.0 Å². The third-order valence-electron chi connectivity index (χ3n) is 5.21. The van der Waals surface area contributed by atoms with Crippen molar-refractivity contribution in [1.82, 2.24) is 0 Å². The lowest BCUT2D eigenvalue weighted by Crippen LogP contribution is -2.44. The molecule has 0 spiro atoms. The molecule has 1 aliphatic carbocycles. The lowest BCUT2D eigenvalue weighted by Gasteiger charge is -2.31. The first-order chi connectivity index (χ1) is 13.4. The number of hydrogen-bond donors (Lipinski definition) is 2. The summed E-state index contributed by atoms with van der Waals surface area (Å²) in [5.74, 6) is -2.09. The molecule has 28 heavy (non-hydrogen) atoms. The van der Waals surface area contributed by atoms with Gasteiger partial charge in [-0.1, -0.05) is 48.0 Å². The standard InChI is InChI=1S/C23H18ClNO3/c1-14-12-17(24)13-18-20(14)25-22(27)23(18,28)19(15-8-4-2-5-9-15)21(26)16-10-6-3-7-11-16/h2-5,8-13,19,28H,6H2,1H3,(H,25,27)/t19-,23-/m0/s1. The number of aryl methyl sites for hydroxylation is 1. The first kappa shape index (κ1) is 18.5. The number of anilines is 1. The molecule has 1 amide bonds. The van der Waals surface area contributed by atoms with Crippen LogP contribution in [0, 0.1) is 6.92 Å². The predicted octanol–water partition coefficient (Wildman–Crippen LogP) is 4.18. The summed E-state index contributed by atoms with van der Waals surface area (Å²) in [6.45, 7) is 1.80. The molecule has 2 aliphatic rings. The lowest BCUT2D eigenvalue weighted by atomic mass is 9.73. The van der Waals surface area contributed by atoms with Crippen molar-refractivity contribution < 1.29 is 14.7 Å². The molecule has 0 unspecified atom stereocenters. The molecule has 1 aliphatic heterocycles. The number of ketones is 1. The van der Waals surface area contributed by atoms with Gasteiger partial charge >= 0.3 is 0 Å². The van der Waals surface area contributed by atoms with Crippen molar-refractivity contribution in [2.45, 2.75) is 24.9 Å². The van der Waals surface area contributed by atoms with Crippen LogP contribution in [0.4, 0.5) is 5.69 Å². The van der Waals surface area contributed by atoms with Gasteiger partial charge in [0.1, 0.15) is 0 Å². The fraction of sp³-hybridized carbons (Fsp3) is 0.174. The average Bonchev–Trinajstić information content (AvgIpc) is 2.95. The van der Waals surface area contributed by atoms with Gasteiger partial charge in [-0.05, 0) is 48.8 Å². The van der Waals surface area contributed by atoms with Crippen LogP contribution >= 0.6 is 11.6 Å². The van der Waals surface area contributed by atoms with Crippen LogP contribution in [0.25, 0.3) is 0 Å². The van der Waals surface area contributed by atoms with Crippen molar-refractivity contribution >= 4 is 29.0 Å². The average molecular weight is 392 g/mol. The van der Waals surface area contributed by atoms with Crippen molar-refractivity contribution in [3.63, 3.8) is 0 Å². The normalized spacial score (nSPS) is 21.1. The molecule has 0 bridgehead atoms. The highest BCUT2D eigenvalue weighted by Crippen LogP contribution is 2.48. The van der Waals surface area contributed by atoms with Crippen LogP contribution in [0.1, 0.15) is 29.0 Å². The summed E-state index contributed by atoms with van der Waals surface area (Å²) in [5.41, 5.74) is 3.38. The Morgan fingerprint density at radius 2 is 2.04 bits per heavy atom. The van der Waals surface area contributed by atoms with E-state index in [4.69, 9.17) is 11.6 Å². The molecule has 0 aromatic heterocycles. The van der Waals surface area contributed by atoms with E-state index in [1.807, 2.05) is 12.1 Å². The number of allylic oxidation sites excluding steroid dienone is 3. The number of aliphatic hydroxyl groups is 1. The third-order valence-corrected chi connectivity index (χ3v) is 5.42. The second-order valence-corrected chi connectivity index (χ2v) is 7.42. The molecule has 2 aromatic carbocycles. The minimum absolute atomic E-state index is 0.320. The number of halogens is 1. The van der Waals surface area contributed by atoms with Crippen LogP contribution in [0.5, 0.6) is 0 Å². The van der Waals surface area contributed by atoms with Crippen LogP contribution in [-0.4, -0.2) is 16.8 Å². The predicted molar refractivity (Wildman–Crippen MR) is 108 cm³/mol. The highest BCUT2D eigenvalue weighted by atomic mass is 35.5. The fourth-order valence-corrected chi connectivity index (χ4v) is 4.13. The number of Topliss-reactive ketones (excluding diaryl/α,β-unsaturated/α-hetero) is 1. The summed E-state index contributed by atoms with van der Waals surface area (Å²) in [6.07, 6.45) is 5.74. The van der Waals surface area contributed by atoms with Gasteiger partial charge in [0.25, 0.3) is 5.91 Å². The smallest absolute Gasteiger partial charge is 0.262 e. The molecule has 140 valence electrons. The SMILES string of the molecule is Cc1cc(Cl)cc2c1NC(=O)[C@@]2(O)[C@H](C(=O)C1=CCC=C=C1)c1ccccc1. The molecule has 1 heterocycles. The van der Waals surface area contributed by atoms with Crippen molar-refractivity contribution in [3.05, 3.63) is 93.7 Å². The van der Waals surface area contributed by atoms with Gasteiger partial charge in [-0.15, -0.1) is 5.73 Å². The fourth-order valence-electron chi connectivity index (χ4n) is 3.86. The highest BCUT2D eigenvalue weighted by Gasteiger charge is 2.55. The van der Waals surface area contributed by atoms with Gasteiger partial charge in [0.15, 0.2) is 11.4 Å². The minimum Gasteiger partial charge on any atom is -0.374 e. The van der Waals surface area contributed by atoms with E-state index in [0.717, 1.165) is 5.56 Å². The largest absolute Gasteiger partial charge is 0.374 e. The summed E-state index contributed by atoms with van der Waals surface area (Å²) in [7, 11) is 0. The zero-order valence-electron chi connectivity index (χ0n) is 15.2. The van der Waals surface area contributed by atoms with Crippen LogP contribution in [0.2, 0.25) is 5.02 Å². The van der Waals surface area contributed by atoms with Gasteiger partial charge in [-0.25, -0.2) is 0 Å². The topological polar surface area (TPSA) is 66.4 Å². The summed E-state index contributed by atoms with van der Waals surface area (Å²) >= 11 is 6.22. The lowest BCUT2D eigenvalue weighted by molar-refractivity contribution is -0.141. The zero-order valence-corrected chi connectivity index (χ0v) is 16.0. The Bertz CT molecular complexity index is 1080. The molecular weight excluding hydrogens is 374 g/mol. The summed E-state index contributed by atoms with van der Waals surface area (Å²) < 4.78 is 0. The molecule has 0 radical (unpaired) electrons. The maximum absolute atomic E-state index is 13.5. The van der Waals surface area contributed by atoms with Gasteiger partial charge in [-0.2, -0.15) is 0 Å². The van der Waals surface area contributed by atoms with Gasteiger partial charge in [0.05, 0.1) is 11.6 Å². The molecule has 0 fully saturated rings. The number of nitrogens with one attached hydrogen (secondary N) is 1. The highest BCUT2D eigenvalue weighted by molar-refractivity contribution is 6.31. The number of amides is 1. The Hall–Kier alpha value is -2.91. The quantitative estimate of drug-likeness (QED) is 0.768.